The average Bonchev–Trinajstić information content (AvgIpc) is 2.88. The van der Waals surface area contributed by atoms with Crippen molar-refractivity contribution in [2.24, 2.45) is 5.73 Å². The van der Waals surface area contributed by atoms with Gasteiger partial charge in [-0.15, -0.1) is 0 Å². The van der Waals surface area contributed by atoms with Crippen molar-refractivity contribution >= 4 is 11.8 Å². The lowest BCUT2D eigenvalue weighted by atomic mass is 9.96. The molecule has 0 spiro atoms. The second kappa shape index (κ2) is 4.67. The van der Waals surface area contributed by atoms with Crippen molar-refractivity contribution in [3.63, 3.8) is 0 Å². The second-order valence-electron chi connectivity index (χ2n) is 5.17. The molecule has 1 aromatic rings. The van der Waals surface area contributed by atoms with Gasteiger partial charge in [-0.05, 0) is 37.1 Å². The number of thioether (sulfide) groups is 1. The molecule has 94 valence electrons. The van der Waals surface area contributed by atoms with Crippen molar-refractivity contribution in [1.82, 2.24) is 4.90 Å². The molecule has 3 rings (SSSR count). The maximum atomic E-state index is 6.08. The van der Waals surface area contributed by atoms with Gasteiger partial charge in [-0.2, -0.15) is 11.8 Å². The molecule has 2 aliphatic rings. The SMILES string of the molecule is NCC1(N(Cc2ccco2)C2CC2)CCSC1. The monoisotopic (exact) mass is 252 g/mol. The van der Waals surface area contributed by atoms with Crippen molar-refractivity contribution in [3.8, 4) is 0 Å². The Morgan fingerprint density at radius 1 is 1.53 bits per heavy atom. The molecule has 4 heteroatoms. The topological polar surface area (TPSA) is 42.4 Å². The highest BCUT2D eigenvalue weighted by Crippen LogP contribution is 2.41. The third kappa shape index (κ3) is 2.26. The molecule has 2 N–H and O–H groups in total. The summed E-state index contributed by atoms with van der Waals surface area (Å²) in [5.41, 5.74) is 6.30. The van der Waals surface area contributed by atoms with Crippen LogP contribution in [0.25, 0.3) is 0 Å². The fraction of sp³-hybridized carbons (Fsp3) is 0.692. The first-order chi connectivity index (χ1) is 8.34. The van der Waals surface area contributed by atoms with E-state index in [2.05, 4.69) is 11.0 Å². The molecular weight excluding hydrogens is 232 g/mol. The van der Waals surface area contributed by atoms with Crippen molar-refractivity contribution in [2.45, 2.75) is 37.4 Å². The van der Waals surface area contributed by atoms with Crippen LogP contribution in [0.15, 0.2) is 22.8 Å². The molecule has 1 aliphatic heterocycles. The molecule has 2 heterocycles. The number of furan rings is 1. The van der Waals surface area contributed by atoms with Gasteiger partial charge < -0.3 is 10.2 Å². The molecule has 2 fully saturated rings. The van der Waals surface area contributed by atoms with Crippen molar-refractivity contribution in [3.05, 3.63) is 24.2 Å². The van der Waals surface area contributed by atoms with Crippen LogP contribution in [0.3, 0.4) is 0 Å². The number of hydrogen-bond donors (Lipinski definition) is 1. The number of hydrogen-bond acceptors (Lipinski definition) is 4. The van der Waals surface area contributed by atoms with Crippen LogP contribution in [0.5, 0.6) is 0 Å². The lowest BCUT2D eigenvalue weighted by Crippen LogP contribution is -2.54. The number of rotatable bonds is 5. The summed E-state index contributed by atoms with van der Waals surface area (Å²) in [5.74, 6) is 3.50. The first-order valence-corrected chi connectivity index (χ1v) is 7.56. The van der Waals surface area contributed by atoms with Crippen LogP contribution in [-0.2, 0) is 6.54 Å². The summed E-state index contributed by atoms with van der Waals surface area (Å²) >= 11 is 2.04. The summed E-state index contributed by atoms with van der Waals surface area (Å²) in [5, 5.41) is 0. The van der Waals surface area contributed by atoms with Gasteiger partial charge in [0.05, 0.1) is 12.8 Å². The highest BCUT2D eigenvalue weighted by Gasteiger charge is 2.45. The Morgan fingerprint density at radius 3 is 2.94 bits per heavy atom. The summed E-state index contributed by atoms with van der Waals surface area (Å²) in [4.78, 5) is 2.62. The smallest absolute Gasteiger partial charge is 0.117 e. The Balaban J connectivity index is 1.79. The van der Waals surface area contributed by atoms with E-state index < -0.39 is 0 Å². The minimum Gasteiger partial charge on any atom is -0.468 e. The van der Waals surface area contributed by atoms with Crippen molar-refractivity contribution < 1.29 is 4.42 Å². The van der Waals surface area contributed by atoms with Crippen LogP contribution in [0, 0.1) is 0 Å². The Bertz CT molecular complexity index is 356. The molecule has 0 amide bonds. The Labute approximate surface area is 107 Å². The van der Waals surface area contributed by atoms with Gasteiger partial charge in [0.1, 0.15) is 5.76 Å². The van der Waals surface area contributed by atoms with Gasteiger partial charge >= 0.3 is 0 Å². The molecule has 0 bridgehead atoms. The lowest BCUT2D eigenvalue weighted by Gasteiger charge is -2.40. The quantitative estimate of drug-likeness (QED) is 0.871. The van der Waals surface area contributed by atoms with Crippen molar-refractivity contribution in [2.75, 3.05) is 18.1 Å². The van der Waals surface area contributed by atoms with Crippen LogP contribution >= 0.6 is 11.8 Å². The van der Waals surface area contributed by atoms with E-state index in [9.17, 15) is 0 Å². The second-order valence-corrected chi connectivity index (χ2v) is 6.27. The minimum atomic E-state index is 0.221. The van der Waals surface area contributed by atoms with E-state index in [1.165, 1.54) is 30.8 Å². The molecule has 1 aromatic heterocycles. The van der Waals surface area contributed by atoms with E-state index in [-0.39, 0.29) is 5.54 Å². The molecule has 1 saturated heterocycles. The van der Waals surface area contributed by atoms with Crippen LogP contribution in [0.4, 0.5) is 0 Å². The van der Waals surface area contributed by atoms with E-state index in [4.69, 9.17) is 10.2 Å². The van der Waals surface area contributed by atoms with Crippen LogP contribution in [0.2, 0.25) is 0 Å². The van der Waals surface area contributed by atoms with E-state index in [1.807, 2.05) is 17.8 Å². The predicted molar refractivity (Wildman–Crippen MR) is 71.0 cm³/mol. The van der Waals surface area contributed by atoms with Crippen LogP contribution in [-0.4, -0.2) is 34.5 Å². The van der Waals surface area contributed by atoms with Gasteiger partial charge in [0, 0.05) is 23.9 Å². The van der Waals surface area contributed by atoms with E-state index >= 15 is 0 Å². The number of nitrogens with two attached hydrogens (primary N) is 1. The molecule has 1 aliphatic carbocycles. The fourth-order valence-corrected chi connectivity index (χ4v) is 4.22. The Morgan fingerprint density at radius 2 is 2.41 bits per heavy atom. The minimum absolute atomic E-state index is 0.221. The third-order valence-electron chi connectivity index (χ3n) is 3.97. The van der Waals surface area contributed by atoms with Crippen LogP contribution < -0.4 is 5.73 Å². The molecular formula is C13H20N2OS. The van der Waals surface area contributed by atoms with Crippen LogP contribution in [0.1, 0.15) is 25.0 Å². The summed E-state index contributed by atoms with van der Waals surface area (Å²) in [7, 11) is 0. The van der Waals surface area contributed by atoms with E-state index in [0.29, 0.717) is 0 Å². The molecule has 0 radical (unpaired) electrons. The molecule has 1 atom stereocenters. The first kappa shape index (κ1) is 11.6. The van der Waals surface area contributed by atoms with Gasteiger partial charge in [0.2, 0.25) is 0 Å². The molecule has 17 heavy (non-hydrogen) atoms. The zero-order valence-corrected chi connectivity index (χ0v) is 10.9. The predicted octanol–water partition coefficient (Wildman–Crippen LogP) is 2.08. The van der Waals surface area contributed by atoms with Crippen molar-refractivity contribution in [1.29, 1.82) is 0 Å². The fourth-order valence-electron chi connectivity index (χ4n) is 2.74. The maximum Gasteiger partial charge on any atom is 0.117 e. The molecule has 3 nitrogen and oxygen atoms in total. The van der Waals surface area contributed by atoms with Gasteiger partial charge in [0.25, 0.3) is 0 Å². The van der Waals surface area contributed by atoms with Gasteiger partial charge in [-0.3, -0.25) is 4.90 Å². The molecule has 1 saturated carbocycles. The number of nitrogens with zero attached hydrogens (tertiary/aromatic N) is 1. The van der Waals surface area contributed by atoms with Gasteiger partial charge in [-0.1, -0.05) is 0 Å². The standard InChI is InChI=1S/C13H20N2OS/c14-9-13(5-7-17-10-13)15(11-3-4-11)8-12-2-1-6-16-12/h1-2,6,11H,3-5,7-10,14H2. The summed E-state index contributed by atoms with van der Waals surface area (Å²) in [6.07, 6.45) is 5.64. The molecule has 1 unspecified atom stereocenters. The molecule has 0 aromatic carbocycles. The van der Waals surface area contributed by atoms with E-state index in [1.54, 1.807) is 6.26 Å². The highest BCUT2D eigenvalue weighted by molar-refractivity contribution is 7.99. The van der Waals surface area contributed by atoms with Gasteiger partial charge in [-0.25, -0.2) is 0 Å². The zero-order chi connectivity index (χ0) is 11.7. The Kier molecular flexibility index (Phi) is 3.19. The van der Waals surface area contributed by atoms with E-state index in [0.717, 1.165) is 24.9 Å². The largest absolute Gasteiger partial charge is 0.468 e. The maximum absolute atomic E-state index is 6.08. The summed E-state index contributed by atoms with van der Waals surface area (Å²) < 4.78 is 5.50. The summed E-state index contributed by atoms with van der Waals surface area (Å²) in [6, 6.07) is 4.78. The Hall–Kier alpha value is -0.450. The zero-order valence-electron chi connectivity index (χ0n) is 10.1. The lowest BCUT2D eigenvalue weighted by molar-refractivity contribution is 0.0896. The third-order valence-corrected chi connectivity index (χ3v) is 5.20. The summed E-state index contributed by atoms with van der Waals surface area (Å²) in [6.45, 7) is 1.70. The normalized spacial score (nSPS) is 29.1. The van der Waals surface area contributed by atoms with Gasteiger partial charge in [0.15, 0.2) is 0 Å². The highest BCUT2D eigenvalue weighted by atomic mass is 32.2. The average molecular weight is 252 g/mol. The first-order valence-electron chi connectivity index (χ1n) is 6.41.